The van der Waals surface area contributed by atoms with Gasteiger partial charge in [0.15, 0.2) is 0 Å². The van der Waals surface area contributed by atoms with Gasteiger partial charge in [0, 0.05) is 11.8 Å². The van der Waals surface area contributed by atoms with Gasteiger partial charge in [-0.2, -0.15) is 0 Å². The third kappa shape index (κ3) is 4.70. The van der Waals surface area contributed by atoms with Crippen LogP contribution in [0.15, 0.2) is 115 Å². The zero-order valence-electron chi connectivity index (χ0n) is 16.6. The molecule has 0 fully saturated rings. The highest BCUT2D eigenvalue weighted by Crippen LogP contribution is 2.25. The number of pyridine rings is 1. The maximum absolute atomic E-state index is 13.9. The Hall–Kier alpha value is -3.98. The van der Waals surface area contributed by atoms with Gasteiger partial charge in [-0.3, -0.25) is 9.69 Å². The zero-order chi connectivity index (χ0) is 20.6. The monoisotopic (exact) mass is 390 g/mol. The smallest absolute Gasteiger partial charge is 0.260 e. The van der Waals surface area contributed by atoms with E-state index in [0.29, 0.717) is 17.9 Å². The van der Waals surface area contributed by atoms with E-state index in [-0.39, 0.29) is 5.91 Å². The lowest BCUT2D eigenvalue weighted by molar-refractivity contribution is -0.113. The van der Waals surface area contributed by atoms with E-state index >= 15 is 0 Å². The fourth-order valence-corrected chi connectivity index (χ4v) is 3.28. The van der Waals surface area contributed by atoms with Gasteiger partial charge in [-0.05, 0) is 34.9 Å². The number of amides is 1. The highest BCUT2D eigenvalue weighted by Gasteiger charge is 2.22. The summed E-state index contributed by atoms with van der Waals surface area (Å²) in [5.41, 5.74) is 3.53. The number of carbonyl (C=O) groups is 1. The standard InChI is InChI=1S/C27H22N2O/c30-27(25(24-16-8-3-9-17-24)20-22-12-4-1-5-13-22)29(26-18-10-11-19-28-26)21-23-14-6-2-7-15-23/h1-20H,21H2/b25-20+. The van der Waals surface area contributed by atoms with Gasteiger partial charge in [-0.1, -0.05) is 97.1 Å². The minimum absolute atomic E-state index is 0.0902. The Bertz CT molecular complexity index is 1110. The molecule has 0 saturated carbocycles. The van der Waals surface area contributed by atoms with Crippen LogP contribution < -0.4 is 4.90 Å². The van der Waals surface area contributed by atoms with Crippen molar-refractivity contribution in [3.8, 4) is 0 Å². The van der Waals surface area contributed by atoms with Crippen molar-refractivity contribution in [1.82, 2.24) is 4.98 Å². The fraction of sp³-hybridized carbons (Fsp3) is 0.0370. The molecular formula is C27H22N2O. The van der Waals surface area contributed by atoms with Gasteiger partial charge in [-0.25, -0.2) is 4.98 Å². The molecule has 1 heterocycles. The van der Waals surface area contributed by atoms with Gasteiger partial charge in [0.05, 0.1) is 6.54 Å². The Morgan fingerprint density at radius 1 is 0.733 bits per heavy atom. The van der Waals surface area contributed by atoms with Crippen molar-refractivity contribution in [2.24, 2.45) is 0 Å². The highest BCUT2D eigenvalue weighted by atomic mass is 16.2. The third-order valence-electron chi connectivity index (χ3n) is 4.78. The lowest BCUT2D eigenvalue weighted by atomic mass is 10.0. The summed E-state index contributed by atoms with van der Waals surface area (Å²) in [6, 6.07) is 35.3. The molecule has 0 N–H and O–H groups in total. The second-order valence-corrected chi connectivity index (χ2v) is 6.90. The topological polar surface area (TPSA) is 33.2 Å². The average molecular weight is 390 g/mol. The molecule has 0 aliphatic heterocycles. The third-order valence-corrected chi connectivity index (χ3v) is 4.78. The number of hydrogen-bond acceptors (Lipinski definition) is 2. The van der Waals surface area contributed by atoms with Crippen LogP contribution in [-0.4, -0.2) is 10.9 Å². The van der Waals surface area contributed by atoms with E-state index in [1.807, 2.05) is 115 Å². The molecule has 1 amide bonds. The first-order valence-corrected chi connectivity index (χ1v) is 9.90. The fourth-order valence-electron chi connectivity index (χ4n) is 3.28. The summed E-state index contributed by atoms with van der Waals surface area (Å²) in [6.07, 6.45) is 3.66. The lowest BCUT2D eigenvalue weighted by Crippen LogP contribution is -2.31. The first-order chi connectivity index (χ1) is 14.8. The number of hydrogen-bond donors (Lipinski definition) is 0. The Morgan fingerprint density at radius 2 is 1.33 bits per heavy atom. The maximum Gasteiger partial charge on any atom is 0.260 e. The van der Waals surface area contributed by atoms with Gasteiger partial charge in [0.1, 0.15) is 5.82 Å². The molecule has 0 atom stereocenters. The molecule has 30 heavy (non-hydrogen) atoms. The van der Waals surface area contributed by atoms with Gasteiger partial charge in [-0.15, -0.1) is 0 Å². The van der Waals surface area contributed by atoms with E-state index in [1.54, 1.807) is 11.1 Å². The number of nitrogens with zero attached hydrogens (tertiary/aromatic N) is 2. The predicted octanol–water partition coefficient (Wildman–Crippen LogP) is 5.86. The van der Waals surface area contributed by atoms with Crippen molar-refractivity contribution >= 4 is 23.4 Å². The largest absolute Gasteiger partial charge is 0.288 e. The second kappa shape index (κ2) is 9.48. The average Bonchev–Trinajstić information content (AvgIpc) is 2.83. The van der Waals surface area contributed by atoms with E-state index in [2.05, 4.69) is 4.98 Å². The Balaban J connectivity index is 1.79. The molecule has 0 saturated heterocycles. The van der Waals surface area contributed by atoms with E-state index < -0.39 is 0 Å². The Kier molecular flexibility index (Phi) is 6.11. The molecule has 3 heteroatoms. The second-order valence-electron chi connectivity index (χ2n) is 6.90. The minimum atomic E-state index is -0.0902. The first kappa shape index (κ1) is 19.3. The van der Waals surface area contributed by atoms with Crippen molar-refractivity contribution in [3.05, 3.63) is 132 Å². The normalized spacial score (nSPS) is 11.1. The molecule has 146 valence electrons. The first-order valence-electron chi connectivity index (χ1n) is 9.90. The van der Waals surface area contributed by atoms with Crippen molar-refractivity contribution in [2.45, 2.75) is 6.54 Å². The molecule has 0 aliphatic rings. The van der Waals surface area contributed by atoms with Crippen molar-refractivity contribution in [3.63, 3.8) is 0 Å². The van der Waals surface area contributed by atoms with Crippen LogP contribution in [0.3, 0.4) is 0 Å². The molecule has 1 aromatic heterocycles. The summed E-state index contributed by atoms with van der Waals surface area (Å²) in [7, 11) is 0. The Labute approximate surface area is 177 Å². The van der Waals surface area contributed by atoms with Crippen LogP contribution in [-0.2, 0) is 11.3 Å². The summed E-state index contributed by atoms with van der Waals surface area (Å²) in [5, 5.41) is 0. The number of anilines is 1. The predicted molar refractivity (Wildman–Crippen MR) is 123 cm³/mol. The molecule has 0 radical (unpaired) electrons. The molecule has 4 aromatic rings. The van der Waals surface area contributed by atoms with Crippen LogP contribution in [0, 0.1) is 0 Å². The lowest BCUT2D eigenvalue weighted by Gasteiger charge is -2.23. The van der Waals surface area contributed by atoms with Crippen LogP contribution in [0.2, 0.25) is 0 Å². The van der Waals surface area contributed by atoms with Crippen LogP contribution >= 0.6 is 0 Å². The quantitative estimate of drug-likeness (QED) is 0.305. The van der Waals surface area contributed by atoms with Gasteiger partial charge >= 0.3 is 0 Å². The molecule has 0 aliphatic carbocycles. The molecule has 3 nitrogen and oxygen atoms in total. The Morgan fingerprint density at radius 3 is 1.97 bits per heavy atom. The molecule has 0 spiro atoms. The number of aromatic nitrogens is 1. The van der Waals surface area contributed by atoms with Crippen molar-refractivity contribution in [1.29, 1.82) is 0 Å². The number of carbonyl (C=O) groups excluding carboxylic acids is 1. The minimum Gasteiger partial charge on any atom is -0.288 e. The highest BCUT2D eigenvalue weighted by molar-refractivity contribution is 6.29. The van der Waals surface area contributed by atoms with Crippen LogP contribution in [0.4, 0.5) is 5.82 Å². The van der Waals surface area contributed by atoms with E-state index in [9.17, 15) is 4.79 Å². The molecule has 3 aromatic carbocycles. The molecular weight excluding hydrogens is 368 g/mol. The maximum atomic E-state index is 13.9. The zero-order valence-corrected chi connectivity index (χ0v) is 16.6. The summed E-state index contributed by atoms with van der Waals surface area (Å²) in [5.74, 6) is 0.536. The van der Waals surface area contributed by atoms with Gasteiger partial charge < -0.3 is 0 Å². The number of benzene rings is 3. The molecule has 4 rings (SSSR count). The van der Waals surface area contributed by atoms with Gasteiger partial charge in [0.2, 0.25) is 0 Å². The summed E-state index contributed by atoms with van der Waals surface area (Å²) in [4.78, 5) is 20.1. The van der Waals surface area contributed by atoms with E-state index in [1.165, 1.54) is 0 Å². The van der Waals surface area contributed by atoms with Crippen LogP contribution in [0.5, 0.6) is 0 Å². The van der Waals surface area contributed by atoms with Crippen LogP contribution in [0.1, 0.15) is 16.7 Å². The molecule has 0 bridgehead atoms. The van der Waals surface area contributed by atoms with Crippen LogP contribution in [0.25, 0.3) is 11.6 Å². The van der Waals surface area contributed by atoms with Gasteiger partial charge in [0.25, 0.3) is 5.91 Å². The summed E-state index contributed by atoms with van der Waals surface area (Å²) >= 11 is 0. The van der Waals surface area contributed by atoms with E-state index in [0.717, 1.165) is 16.7 Å². The van der Waals surface area contributed by atoms with Crippen molar-refractivity contribution in [2.75, 3.05) is 4.90 Å². The van der Waals surface area contributed by atoms with E-state index in [4.69, 9.17) is 0 Å². The molecule has 0 unspecified atom stereocenters. The summed E-state index contributed by atoms with van der Waals surface area (Å²) < 4.78 is 0. The number of rotatable bonds is 6. The summed E-state index contributed by atoms with van der Waals surface area (Å²) in [6.45, 7) is 0.440. The van der Waals surface area contributed by atoms with Crippen molar-refractivity contribution < 1.29 is 4.79 Å². The SMILES string of the molecule is O=C(/C(=C/c1ccccc1)c1ccccc1)N(Cc1ccccc1)c1ccccn1.